The molecule has 0 radical (unpaired) electrons. The van der Waals surface area contributed by atoms with Gasteiger partial charge in [-0.05, 0) is 54.7 Å². The highest BCUT2D eigenvalue weighted by Crippen LogP contribution is 2.25. The van der Waals surface area contributed by atoms with E-state index in [0.717, 1.165) is 5.56 Å². The summed E-state index contributed by atoms with van der Waals surface area (Å²) in [5.41, 5.74) is 2.02. The van der Waals surface area contributed by atoms with Crippen LogP contribution in [0.4, 0.5) is 0 Å². The molecule has 1 aromatic heterocycles. The normalized spacial score (nSPS) is 12.4. The zero-order chi connectivity index (χ0) is 18.2. The highest BCUT2D eigenvalue weighted by Gasteiger charge is 2.15. The van der Waals surface area contributed by atoms with Crippen molar-refractivity contribution in [3.63, 3.8) is 0 Å². The van der Waals surface area contributed by atoms with Gasteiger partial charge in [-0.3, -0.25) is 4.79 Å². The number of amides is 1. The molecule has 25 heavy (non-hydrogen) atoms. The van der Waals surface area contributed by atoms with Crippen molar-refractivity contribution in [1.29, 1.82) is 0 Å². The molecule has 0 aliphatic carbocycles. The molecule has 0 saturated heterocycles. The van der Waals surface area contributed by atoms with Crippen LogP contribution in [0.15, 0.2) is 41.1 Å². The SMILES string of the molecule is COc1ccc(/C=C/C(=O)NCC(c2ccsc2)N(C)C)c(OC)c1. The number of benzene rings is 1. The van der Waals surface area contributed by atoms with Crippen molar-refractivity contribution < 1.29 is 14.3 Å². The molecular formula is C19H24N2O3S. The Morgan fingerprint density at radius 3 is 2.68 bits per heavy atom. The Morgan fingerprint density at radius 2 is 2.08 bits per heavy atom. The van der Waals surface area contributed by atoms with E-state index < -0.39 is 0 Å². The van der Waals surface area contributed by atoms with E-state index in [-0.39, 0.29) is 11.9 Å². The molecule has 6 heteroatoms. The van der Waals surface area contributed by atoms with Gasteiger partial charge in [0.25, 0.3) is 0 Å². The van der Waals surface area contributed by atoms with Gasteiger partial charge in [0, 0.05) is 24.3 Å². The third kappa shape index (κ3) is 5.34. The second-order valence-electron chi connectivity index (χ2n) is 5.72. The number of nitrogens with zero attached hydrogens (tertiary/aromatic N) is 1. The quantitative estimate of drug-likeness (QED) is 0.735. The largest absolute Gasteiger partial charge is 0.497 e. The molecule has 5 nitrogen and oxygen atoms in total. The molecular weight excluding hydrogens is 336 g/mol. The molecule has 0 saturated carbocycles. The molecule has 1 unspecified atom stereocenters. The summed E-state index contributed by atoms with van der Waals surface area (Å²) >= 11 is 1.66. The van der Waals surface area contributed by atoms with E-state index in [2.05, 4.69) is 21.7 Å². The smallest absolute Gasteiger partial charge is 0.244 e. The number of methoxy groups -OCH3 is 2. The number of ether oxygens (including phenoxy) is 2. The van der Waals surface area contributed by atoms with E-state index >= 15 is 0 Å². The van der Waals surface area contributed by atoms with Crippen LogP contribution >= 0.6 is 11.3 Å². The zero-order valence-corrected chi connectivity index (χ0v) is 15.8. The van der Waals surface area contributed by atoms with Crippen LogP contribution in [0.5, 0.6) is 11.5 Å². The van der Waals surface area contributed by atoms with Crippen LogP contribution in [0, 0.1) is 0 Å². The van der Waals surface area contributed by atoms with E-state index in [1.165, 1.54) is 11.6 Å². The minimum Gasteiger partial charge on any atom is -0.497 e. The van der Waals surface area contributed by atoms with E-state index in [1.54, 1.807) is 37.7 Å². The molecule has 0 spiro atoms. The minimum atomic E-state index is -0.139. The Kier molecular flexibility index (Phi) is 7.03. The molecule has 1 atom stereocenters. The number of thiophene rings is 1. The highest BCUT2D eigenvalue weighted by atomic mass is 32.1. The fourth-order valence-corrected chi connectivity index (χ4v) is 3.15. The van der Waals surface area contributed by atoms with Gasteiger partial charge >= 0.3 is 0 Å². The summed E-state index contributed by atoms with van der Waals surface area (Å²) in [4.78, 5) is 14.3. The standard InChI is InChI=1S/C19H24N2O3S/c1-21(2)17(15-9-10-25-13-15)12-20-19(22)8-6-14-5-7-16(23-3)11-18(14)24-4/h5-11,13,17H,12H2,1-4H3,(H,20,22)/b8-6+. The van der Waals surface area contributed by atoms with Crippen LogP contribution in [0.1, 0.15) is 17.2 Å². The van der Waals surface area contributed by atoms with Gasteiger partial charge in [0.2, 0.25) is 5.91 Å². The lowest BCUT2D eigenvalue weighted by atomic mass is 10.1. The molecule has 1 heterocycles. The fourth-order valence-electron chi connectivity index (χ4n) is 2.44. The van der Waals surface area contributed by atoms with Crippen molar-refractivity contribution in [1.82, 2.24) is 10.2 Å². The van der Waals surface area contributed by atoms with Crippen molar-refractivity contribution >= 4 is 23.3 Å². The van der Waals surface area contributed by atoms with Crippen LogP contribution in [-0.2, 0) is 4.79 Å². The maximum absolute atomic E-state index is 12.2. The molecule has 1 aromatic carbocycles. The summed E-state index contributed by atoms with van der Waals surface area (Å²) < 4.78 is 10.5. The highest BCUT2D eigenvalue weighted by molar-refractivity contribution is 7.07. The monoisotopic (exact) mass is 360 g/mol. The Hall–Kier alpha value is -2.31. The maximum atomic E-state index is 12.2. The first kappa shape index (κ1) is 19.0. The van der Waals surface area contributed by atoms with E-state index in [0.29, 0.717) is 18.0 Å². The van der Waals surface area contributed by atoms with Crippen LogP contribution in [0.25, 0.3) is 6.08 Å². The Labute approximate surface area is 152 Å². The van der Waals surface area contributed by atoms with Gasteiger partial charge in [-0.2, -0.15) is 11.3 Å². The maximum Gasteiger partial charge on any atom is 0.244 e. The molecule has 0 bridgehead atoms. The molecule has 0 aliphatic rings. The summed E-state index contributed by atoms with van der Waals surface area (Å²) in [6.07, 6.45) is 3.26. The first-order valence-corrected chi connectivity index (χ1v) is 8.86. The van der Waals surface area contributed by atoms with E-state index in [1.807, 2.05) is 31.6 Å². The summed E-state index contributed by atoms with van der Waals surface area (Å²) in [5, 5.41) is 7.11. The lowest BCUT2D eigenvalue weighted by Gasteiger charge is -2.23. The minimum absolute atomic E-state index is 0.139. The third-order valence-corrected chi connectivity index (χ3v) is 4.58. The predicted molar refractivity (Wildman–Crippen MR) is 102 cm³/mol. The molecule has 1 N–H and O–H groups in total. The van der Waals surface area contributed by atoms with Crippen molar-refractivity contribution in [3.8, 4) is 11.5 Å². The van der Waals surface area contributed by atoms with Crippen molar-refractivity contribution in [2.24, 2.45) is 0 Å². The van der Waals surface area contributed by atoms with Crippen LogP contribution in [-0.4, -0.2) is 45.7 Å². The number of hydrogen-bond donors (Lipinski definition) is 1. The Balaban J connectivity index is 1.99. The first-order chi connectivity index (χ1) is 12.0. The van der Waals surface area contributed by atoms with Gasteiger partial charge in [0.1, 0.15) is 11.5 Å². The fraction of sp³-hybridized carbons (Fsp3) is 0.316. The summed E-state index contributed by atoms with van der Waals surface area (Å²) in [5.74, 6) is 1.23. The van der Waals surface area contributed by atoms with Crippen molar-refractivity contribution in [3.05, 3.63) is 52.2 Å². The topological polar surface area (TPSA) is 50.8 Å². The lowest BCUT2D eigenvalue weighted by molar-refractivity contribution is -0.116. The van der Waals surface area contributed by atoms with E-state index in [4.69, 9.17) is 9.47 Å². The number of carbonyl (C=O) groups excluding carboxylic acids is 1. The van der Waals surface area contributed by atoms with Gasteiger partial charge in [-0.15, -0.1) is 0 Å². The number of nitrogens with one attached hydrogen (secondary N) is 1. The molecule has 0 aliphatic heterocycles. The van der Waals surface area contributed by atoms with Crippen LogP contribution < -0.4 is 14.8 Å². The summed E-state index contributed by atoms with van der Waals surface area (Å²) in [6, 6.07) is 7.71. The van der Waals surface area contributed by atoms with Gasteiger partial charge in [-0.1, -0.05) is 0 Å². The number of likely N-dealkylation sites (N-methyl/N-ethyl adjacent to an activating group) is 1. The first-order valence-electron chi connectivity index (χ1n) is 7.91. The number of carbonyl (C=O) groups is 1. The molecule has 2 rings (SSSR count). The zero-order valence-electron chi connectivity index (χ0n) is 15.0. The van der Waals surface area contributed by atoms with Crippen molar-refractivity contribution in [2.75, 3.05) is 34.9 Å². The molecule has 134 valence electrons. The van der Waals surface area contributed by atoms with Gasteiger partial charge in [-0.25, -0.2) is 0 Å². The van der Waals surface area contributed by atoms with Crippen LogP contribution in [0.3, 0.4) is 0 Å². The number of hydrogen-bond acceptors (Lipinski definition) is 5. The van der Waals surface area contributed by atoms with Crippen LogP contribution in [0.2, 0.25) is 0 Å². The molecule has 2 aromatic rings. The number of rotatable bonds is 8. The Bertz CT molecular complexity index is 711. The summed E-state index contributed by atoms with van der Waals surface area (Å²) in [6.45, 7) is 0.548. The third-order valence-electron chi connectivity index (χ3n) is 3.88. The lowest BCUT2D eigenvalue weighted by Crippen LogP contribution is -2.33. The van der Waals surface area contributed by atoms with Crippen molar-refractivity contribution in [2.45, 2.75) is 6.04 Å². The van der Waals surface area contributed by atoms with Gasteiger partial charge in [0.15, 0.2) is 0 Å². The average Bonchev–Trinajstić information content (AvgIpc) is 3.13. The summed E-state index contributed by atoms with van der Waals surface area (Å²) in [7, 11) is 7.21. The Morgan fingerprint density at radius 1 is 1.28 bits per heavy atom. The average molecular weight is 360 g/mol. The second kappa shape index (κ2) is 9.25. The molecule has 1 amide bonds. The van der Waals surface area contributed by atoms with E-state index in [9.17, 15) is 4.79 Å². The van der Waals surface area contributed by atoms with Gasteiger partial charge in [0.05, 0.1) is 20.3 Å². The predicted octanol–water partition coefficient (Wildman–Crippen LogP) is 3.20. The second-order valence-corrected chi connectivity index (χ2v) is 6.50. The van der Waals surface area contributed by atoms with Gasteiger partial charge < -0.3 is 19.7 Å². The molecule has 0 fully saturated rings.